The molecule has 0 bridgehead atoms. The monoisotopic (exact) mass is 266 g/mol. The maximum Gasteiger partial charge on any atom is 0.412 e. The third-order valence-electron chi connectivity index (χ3n) is 2.14. The summed E-state index contributed by atoms with van der Waals surface area (Å²) < 4.78 is 5.05. The van der Waals surface area contributed by atoms with Crippen LogP contribution in [0.1, 0.15) is 31.1 Å². The van der Waals surface area contributed by atoms with Gasteiger partial charge in [0.05, 0.1) is 12.2 Å². The van der Waals surface area contributed by atoms with Gasteiger partial charge in [-0.15, -0.1) is 0 Å². The fourth-order valence-electron chi connectivity index (χ4n) is 1.34. The molecule has 0 spiro atoms. The number of phenolic OH excluding ortho intramolecular Hbond substituents is 1. The maximum absolute atomic E-state index is 11.6. The van der Waals surface area contributed by atoms with Gasteiger partial charge in [0, 0.05) is 5.56 Å². The van der Waals surface area contributed by atoms with E-state index < -0.39 is 11.7 Å². The number of Topliss-reactive ketones (excluding diaryl/α,β-unsaturated/α-hetero) is 1. The lowest BCUT2D eigenvalue weighted by atomic mass is 10.1. The summed E-state index contributed by atoms with van der Waals surface area (Å²) in [6.07, 6.45) is -0.708. The molecule has 1 rings (SSSR count). The molecule has 0 saturated heterocycles. The molecule has 6 heteroatoms. The van der Waals surface area contributed by atoms with Crippen molar-refractivity contribution in [3.63, 3.8) is 0 Å². The largest absolute Gasteiger partial charge is 0.506 e. The zero-order chi connectivity index (χ0) is 14.6. The number of ether oxygens (including phenoxy) is 1. The van der Waals surface area contributed by atoms with Crippen LogP contribution in [0.5, 0.6) is 5.75 Å². The van der Waals surface area contributed by atoms with Crippen molar-refractivity contribution in [2.75, 3.05) is 11.9 Å². The number of nitrogens with one attached hydrogen (secondary N) is 1. The fourth-order valence-corrected chi connectivity index (χ4v) is 1.34. The Kier molecular flexibility index (Phi) is 4.50. The lowest BCUT2D eigenvalue weighted by molar-refractivity contribution is 0.0635. The lowest BCUT2D eigenvalue weighted by Crippen LogP contribution is -2.27. The number of amides is 1. The summed E-state index contributed by atoms with van der Waals surface area (Å²) in [7, 11) is 0. The number of ketones is 1. The molecule has 0 aliphatic carbocycles. The number of nitrogens with two attached hydrogens (primary N) is 1. The first-order valence-electron chi connectivity index (χ1n) is 5.79. The smallest absolute Gasteiger partial charge is 0.412 e. The van der Waals surface area contributed by atoms with Crippen molar-refractivity contribution in [1.29, 1.82) is 0 Å². The number of rotatable bonds is 3. The summed E-state index contributed by atoms with van der Waals surface area (Å²) in [5.41, 5.74) is 5.02. The summed E-state index contributed by atoms with van der Waals surface area (Å²) in [6, 6.07) is 4.11. The van der Waals surface area contributed by atoms with Crippen LogP contribution in [-0.2, 0) is 4.74 Å². The number of benzene rings is 1. The quantitative estimate of drug-likeness (QED) is 0.572. The van der Waals surface area contributed by atoms with Gasteiger partial charge < -0.3 is 15.6 Å². The Morgan fingerprint density at radius 3 is 2.53 bits per heavy atom. The minimum atomic E-state index is -0.708. The summed E-state index contributed by atoms with van der Waals surface area (Å²) in [4.78, 5) is 23.0. The first-order valence-corrected chi connectivity index (χ1v) is 5.79. The van der Waals surface area contributed by atoms with Crippen LogP contribution in [0.3, 0.4) is 0 Å². The zero-order valence-electron chi connectivity index (χ0n) is 11.2. The van der Waals surface area contributed by atoms with Gasteiger partial charge in [0.15, 0.2) is 5.78 Å². The van der Waals surface area contributed by atoms with Crippen molar-refractivity contribution in [2.45, 2.75) is 26.4 Å². The van der Waals surface area contributed by atoms with Crippen LogP contribution < -0.4 is 11.1 Å². The van der Waals surface area contributed by atoms with Gasteiger partial charge in [0.25, 0.3) is 0 Å². The van der Waals surface area contributed by atoms with E-state index in [1.165, 1.54) is 18.2 Å². The SMILES string of the molecule is CC(C)(C)OC(=O)Nc1cc(C(=O)CN)ccc1O. The highest BCUT2D eigenvalue weighted by atomic mass is 16.6. The second-order valence-corrected chi connectivity index (χ2v) is 4.99. The first kappa shape index (κ1) is 15.0. The second kappa shape index (κ2) is 5.71. The molecule has 1 amide bonds. The predicted octanol–water partition coefficient (Wildman–Crippen LogP) is 1.88. The van der Waals surface area contributed by atoms with E-state index in [1.54, 1.807) is 20.8 Å². The number of phenols is 1. The van der Waals surface area contributed by atoms with Crippen LogP contribution in [0.25, 0.3) is 0 Å². The number of carbonyl (C=O) groups is 2. The first-order chi connectivity index (χ1) is 8.73. The van der Waals surface area contributed by atoms with E-state index in [0.29, 0.717) is 5.56 Å². The molecule has 0 atom stereocenters. The Balaban J connectivity index is 2.88. The van der Waals surface area contributed by atoms with Crippen LogP contribution >= 0.6 is 0 Å². The highest BCUT2D eigenvalue weighted by Gasteiger charge is 2.17. The lowest BCUT2D eigenvalue weighted by Gasteiger charge is -2.20. The van der Waals surface area contributed by atoms with Crippen molar-refractivity contribution < 1.29 is 19.4 Å². The molecule has 0 aliphatic heterocycles. The van der Waals surface area contributed by atoms with E-state index in [2.05, 4.69) is 5.32 Å². The van der Waals surface area contributed by atoms with Crippen LogP contribution in [0, 0.1) is 0 Å². The fraction of sp³-hybridized carbons (Fsp3) is 0.385. The minimum Gasteiger partial charge on any atom is -0.506 e. The number of anilines is 1. The van der Waals surface area contributed by atoms with Gasteiger partial charge in [0.2, 0.25) is 0 Å². The van der Waals surface area contributed by atoms with Crippen molar-refractivity contribution in [2.24, 2.45) is 5.73 Å². The van der Waals surface area contributed by atoms with E-state index in [4.69, 9.17) is 10.5 Å². The Bertz CT molecular complexity index is 492. The Morgan fingerprint density at radius 1 is 1.37 bits per heavy atom. The van der Waals surface area contributed by atoms with Gasteiger partial charge in [-0.2, -0.15) is 0 Å². The molecule has 4 N–H and O–H groups in total. The molecule has 0 unspecified atom stereocenters. The van der Waals surface area contributed by atoms with Crippen LogP contribution in [0.15, 0.2) is 18.2 Å². The summed E-state index contributed by atoms with van der Waals surface area (Å²) in [6.45, 7) is 5.03. The molecule has 104 valence electrons. The van der Waals surface area contributed by atoms with E-state index in [-0.39, 0.29) is 23.8 Å². The molecule has 0 aliphatic rings. The number of aromatic hydroxyl groups is 1. The van der Waals surface area contributed by atoms with E-state index in [1.807, 2.05) is 0 Å². The van der Waals surface area contributed by atoms with Gasteiger partial charge >= 0.3 is 6.09 Å². The van der Waals surface area contributed by atoms with E-state index in [0.717, 1.165) is 0 Å². The molecule has 0 heterocycles. The van der Waals surface area contributed by atoms with E-state index in [9.17, 15) is 14.7 Å². The average molecular weight is 266 g/mol. The van der Waals surface area contributed by atoms with Crippen molar-refractivity contribution >= 4 is 17.6 Å². The number of carbonyl (C=O) groups excluding carboxylic acids is 2. The summed E-state index contributed by atoms with van der Waals surface area (Å²) in [5, 5.41) is 12.0. The van der Waals surface area contributed by atoms with Gasteiger partial charge in [-0.25, -0.2) is 4.79 Å². The maximum atomic E-state index is 11.6. The highest BCUT2D eigenvalue weighted by Crippen LogP contribution is 2.25. The summed E-state index contributed by atoms with van der Waals surface area (Å²) >= 11 is 0. The number of hydrogen-bond donors (Lipinski definition) is 3. The standard InChI is InChI=1S/C13H18N2O4/c1-13(2,3)19-12(18)15-9-6-8(11(17)7-14)4-5-10(9)16/h4-6,16H,7,14H2,1-3H3,(H,15,18). The van der Waals surface area contributed by atoms with Gasteiger partial charge in [-0.05, 0) is 39.0 Å². The second-order valence-electron chi connectivity index (χ2n) is 4.99. The molecule has 6 nitrogen and oxygen atoms in total. The van der Waals surface area contributed by atoms with Crippen LogP contribution in [0.2, 0.25) is 0 Å². The van der Waals surface area contributed by atoms with Gasteiger partial charge in [-0.3, -0.25) is 10.1 Å². The molecule has 1 aromatic carbocycles. The normalized spacial score (nSPS) is 10.9. The van der Waals surface area contributed by atoms with Crippen molar-refractivity contribution in [3.05, 3.63) is 23.8 Å². The summed E-state index contributed by atoms with van der Waals surface area (Å²) in [5.74, 6) is -0.438. The molecule has 0 saturated carbocycles. The Labute approximate surface area is 111 Å². The molecule has 0 aromatic heterocycles. The number of hydrogen-bond acceptors (Lipinski definition) is 5. The zero-order valence-corrected chi connectivity index (χ0v) is 11.2. The molecule has 0 radical (unpaired) electrons. The average Bonchev–Trinajstić information content (AvgIpc) is 2.28. The third-order valence-corrected chi connectivity index (χ3v) is 2.14. The Morgan fingerprint density at radius 2 is 2.00 bits per heavy atom. The van der Waals surface area contributed by atoms with Crippen LogP contribution in [-0.4, -0.2) is 29.1 Å². The van der Waals surface area contributed by atoms with Crippen molar-refractivity contribution in [3.8, 4) is 5.75 Å². The van der Waals surface area contributed by atoms with Crippen molar-refractivity contribution in [1.82, 2.24) is 0 Å². The van der Waals surface area contributed by atoms with Gasteiger partial charge in [0.1, 0.15) is 11.4 Å². The highest BCUT2D eigenvalue weighted by molar-refractivity contribution is 5.99. The molecule has 19 heavy (non-hydrogen) atoms. The molecule has 0 fully saturated rings. The predicted molar refractivity (Wildman–Crippen MR) is 71.3 cm³/mol. The Hall–Kier alpha value is -2.08. The van der Waals surface area contributed by atoms with Crippen LogP contribution in [0.4, 0.5) is 10.5 Å². The molecule has 1 aromatic rings. The van der Waals surface area contributed by atoms with Gasteiger partial charge in [-0.1, -0.05) is 0 Å². The third kappa shape index (κ3) is 4.59. The molecular formula is C13H18N2O4. The van der Waals surface area contributed by atoms with E-state index >= 15 is 0 Å². The topological polar surface area (TPSA) is 102 Å². The minimum absolute atomic E-state index is 0.105. The molecular weight excluding hydrogens is 248 g/mol.